The summed E-state index contributed by atoms with van der Waals surface area (Å²) in [4.78, 5) is 23.8. The van der Waals surface area contributed by atoms with Crippen LogP contribution in [0.1, 0.15) is 46.5 Å². The molecule has 0 saturated carbocycles. The lowest BCUT2D eigenvalue weighted by molar-refractivity contribution is -0.136. The van der Waals surface area contributed by atoms with E-state index < -0.39 is 5.97 Å². The second kappa shape index (κ2) is 6.75. The maximum absolute atomic E-state index is 12.1. The zero-order valence-corrected chi connectivity index (χ0v) is 12.9. The second-order valence-electron chi connectivity index (χ2n) is 5.59. The van der Waals surface area contributed by atoms with Gasteiger partial charge in [0.05, 0.1) is 24.9 Å². The molecule has 118 valence electrons. The zero-order chi connectivity index (χ0) is 16.2. The molecule has 2 aromatic rings. The van der Waals surface area contributed by atoms with Crippen LogP contribution < -0.4 is 0 Å². The molecule has 2 aromatic carbocycles. The Morgan fingerprint density at radius 2 is 1.65 bits per heavy atom. The minimum Gasteiger partial charge on any atom is -0.465 e. The number of ketones is 1. The highest BCUT2D eigenvalue weighted by molar-refractivity contribution is 5.89. The van der Waals surface area contributed by atoms with Crippen molar-refractivity contribution in [1.29, 1.82) is 0 Å². The summed E-state index contributed by atoms with van der Waals surface area (Å²) in [7, 11) is 1.35. The summed E-state index contributed by atoms with van der Waals surface area (Å²) in [5.41, 5.74) is 2.28. The molecule has 0 bridgehead atoms. The molecule has 0 radical (unpaired) electrons. The van der Waals surface area contributed by atoms with E-state index >= 15 is 0 Å². The molecule has 0 spiro atoms. The normalized spacial score (nSPS) is 21.0. The smallest absolute Gasteiger partial charge is 0.337 e. The Balaban J connectivity index is 1.85. The monoisotopic (exact) mass is 310 g/mol. The van der Waals surface area contributed by atoms with Gasteiger partial charge in [-0.25, -0.2) is 4.79 Å². The van der Waals surface area contributed by atoms with Crippen molar-refractivity contribution < 1.29 is 19.1 Å². The first kappa shape index (κ1) is 15.4. The maximum atomic E-state index is 12.1. The van der Waals surface area contributed by atoms with Gasteiger partial charge in [-0.05, 0) is 23.3 Å². The van der Waals surface area contributed by atoms with Crippen LogP contribution in [0.3, 0.4) is 0 Å². The van der Waals surface area contributed by atoms with E-state index in [1.54, 1.807) is 18.2 Å². The SMILES string of the molecule is COC(=O)c1cccc([C@H]2CC(=O)C[C@@H](c3ccccc3)O2)c1. The van der Waals surface area contributed by atoms with Crippen LogP contribution >= 0.6 is 0 Å². The number of methoxy groups -OCH3 is 1. The standard InChI is InChI=1S/C19H18O4/c1-22-19(21)15-9-5-8-14(10-15)18-12-16(20)11-17(23-18)13-6-3-2-4-7-13/h2-10,17-18H,11-12H2,1H3/t17-,18+/m0/s1. The van der Waals surface area contributed by atoms with Gasteiger partial charge in [0, 0.05) is 12.8 Å². The number of esters is 1. The van der Waals surface area contributed by atoms with E-state index in [1.165, 1.54) is 7.11 Å². The van der Waals surface area contributed by atoms with Gasteiger partial charge in [-0.2, -0.15) is 0 Å². The molecule has 3 rings (SSSR count). The molecule has 1 saturated heterocycles. The first-order valence-electron chi connectivity index (χ1n) is 7.58. The quantitative estimate of drug-likeness (QED) is 0.812. The Hall–Kier alpha value is -2.46. The van der Waals surface area contributed by atoms with Crippen LogP contribution in [-0.2, 0) is 14.3 Å². The van der Waals surface area contributed by atoms with Crippen molar-refractivity contribution in [2.75, 3.05) is 7.11 Å². The number of carbonyl (C=O) groups excluding carboxylic acids is 2. The second-order valence-corrected chi connectivity index (χ2v) is 5.59. The lowest BCUT2D eigenvalue weighted by atomic mass is 9.93. The van der Waals surface area contributed by atoms with Crippen molar-refractivity contribution in [3.63, 3.8) is 0 Å². The fourth-order valence-electron chi connectivity index (χ4n) is 2.84. The third-order valence-electron chi connectivity index (χ3n) is 4.01. The fraction of sp³-hybridized carbons (Fsp3) is 0.263. The summed E-state index contributed by atoms with van der Waals surface area (Å²) in [6.07, 6.45) is 0.126. The number of rotatable bonds is 3. The fourth-order valence-corrected chi connectivity index (χ4v) is 2.84. The molecule has 23 heavy (non-hydrogen) atoms. The highest BCUT2D eigenvalue weighted by Gasteiger charge is 2.30. The maximum Gasteiger partial charge on any atom is 0.337 e. The summed E-state index contributed by atoms with van der Waals surface area (Å²) >= 11 is 0. The number of hydrogen-bond donors (Lipinski definition) is 0. The van der Waals surface area contributed by atoms with E-state index in [1.807, 2.05) is 36.4 Å². The molecule has 1 fully saturated rings. The van der Waals surface area contributed by atoms with Gasteiger partial charge in [-0.15, -0.1) is 0 Å². The Labute approximate surface area is 135 Å². The summed E-state index contributed by atoms with van der Waals surface area (Å²) in [5, 5.41) is 0. The van der Waals surface area contributed by atoms with Crippen molar-refractivity contribution in [3.8, 4) is 0 Å². The summed E-state index contributed by atoms with van der Waals surface area (Å²) < 4.78 is 10.9. The third-order valence-corrected chi connectivity index (χ3v) is 4.01. The molecular formula is C19H18O4. The molecule has 2 atom stereocenters. The Morgan fingerprint density at radius 3 is 2.35 bits per heavy atom. The van der Waals surface area contributed by atoms with E-state index in [9.17, 15) is 9.59 Å². The van der Waals surface area contributed by atoms with Gasteiger partial charge in [0.2, 0.25) is 0 Å². The molecule has 4 nitrogen and oxygen atoms in total. The number of hydrogen-bond acceptors (Lipinski definition) is 4. The minimum atomic E-state index is -0.395. The van der Waals surface area contributed by atoms with Crippen molar-refractivity contribution in [2.24, 2.45) is 0 Å². The van der Waals surface area contributed by atoms with Crippen LogP contribution in [-0.4, -0.2) is 18.9 Å². The van der Waals surface area contributed by atoms with Gasteiger partial charge in [-0.3, -0.25) is 4.79 Å². The van der Waals surface area contributed by atoms with E-state index in [2.05, 4.69) is 0 Å². The molecule has 0 aliphatic carbocycles. The number of carbonyl (C=O) groups is 2. The van der Waals surface area contributed by atoms with Crippen LogP contribution in [0.25, 0.3) is 0 Å². The Kier molecular flexibility index (Phi) is 4.53. The number of ether oxygens (including phenoxy) is 2. The number of benzene rings is 2. The lowest BCUT2D eigenvalue weighted by Crippen LogP contribution is -2.23. The van der Waals surface area contributed by atoms with Gasteiger partial charge >= 0.3 is 5.97 Å². The average Bonchev–Trinajstić information content (AvgIpc) is 2.61. The van der Waals surface area contributed by atoms with E-state index in [0.29, 0.717) is 18.4 Å². The van der Waals surface area contributed by atoms with Gasteiger partial charge < -0.3 is 9.47 Å². The molecule has 1 aliphatic rings. The molecule has 4 heteroatoms. The summed E-state index contributed by atoms with van der Waals surface area (Å²) in [6, 6.07) is 16.8. The summed E-state index contributed by atoms with van der Waals surface area (Å²) in [5.74, 6) is -0.229. The van der Waals surface area contributed by atoms with E-state index in [4.69, 9.17) is 9.47 Å². The number of Topliss-reactive ketones (excluding diaryl/α,β-unsaturated/α-hetero) is 1. The predicted molar refractivity (Wildman–Crippen MR) is 85.0 cm³/mol. The van der Waals surface area contributed by atoms with Crippen molar-refractivity contribution >= 4 is 11.8 Å². The molecule has 0 aromatic heterocycles. The van der Waals surface area contributed by atoms with Crippen LogP contribution in [0.5, 0.6) is 0 Å². The first-order valence-corrected chi connectivity index (χ1v) is 7.58. The largest absolute Gasteiger partial charge is 0.465 e. The molecule has 0 amide bonds. The van der Waals surface area contributed by atoms with Gasteiger partial charge in [-0.1, -0.05) is 42.5 Å². The van der Waals surface area contributed by atoms with Crippen molar-refractivity contribution in [1.82, 2.24) is 0 Å². The average molecular weight is 310 g/mol. The minimum absolute atomic E-state index is 0.165. The Bertz CT molecular complexity index is 708. The van der Waals surface area contributed by atoms with Crippen LogP contribution in [0.2, 0.25) is 0 Å². The van der Waals surface area contributed by atoms with E-state index in [0.717, 1.165) is 11.1 Å². The zero-order valence-electron chi connectivity index (χ0n) is 12.9. The van der Waals surface area contributed by atoms with E-state index in [-0.39, 0.29) is 18.0 Å². The van der Waals surface area contributed by atoms with Crippen LogP contribution in [0.15, 0.2) is 54.6 Å². The lowest BCUT2D eigenvalue weighted by Gasteiger charge is -2.30. The molecule has 0 unspecified atom stereocenters. The highest BCUT2D eigenvalue weighted by Crippen LogP contribution is 2.37. The van der Waals surface area contributed by atoms with Gasteiger partial charge in [0.15, 0.2) is 0 Å². The third kappa shape index (κ3) is 3.48. The first-order chi connectivity index (χ1) is 11.2. The summed E-state index contributed by atoms with van der Waals surface area (Å²) in [6.45, 7) is 0. The van der Waals surface area contributed by atoms with Gasteiger partial charge in [0.1, 0.15) is 5.78 Å². The molecule has 1 heterocycles. The van der Waals surface area contributed by atoms with Crippen molar-refractivity contribution in [2.45, 2.75) is 25.0 Å². The predicted octanol–water partition coefficient (Wildman–Crippen LogP) is 3.64. The molecular weight excluding hydrogens is 292 g/mol. The molecule has 1 aliphatic heterocycles. The van der Waals surface area contributed by atoms with Crippen LogP contribution in [0, 0.1) is 0 Å². The highest BCUT2D eigenvalue weighted by atomic mass is 16.5. The van der Waals surface area contributed by atoms with Crippen molar-refractivity contribution in [3.05, 3.63) is 71.3 Å². The van der Waals surface area contributed by atoms with Gasteiger partial charge in [0.25, 0.3) is 0 Å². The van der Waals surface area contributed by atoms with Crippen LogP contribution in [0.4, 0.5) is 0 Å². The Morgan fingerprint density at radius 1 is 1.00 bits per heavy atom. The molecule has 0 N–H and O–H groups in total. The topological polar surface area (TPSA) is 52.6 Å².